The number of benzene rings is 3. The van der Waals surface area contributed by atoms with E-state index in [1.54, 1.807) is 12.1 Å². The molecule has 0 spiro atoms. The second-order valence-corrected chi connectivity index (χ2v) is 7.25. The fraction of sp³-hybridized carbons (Fsp3) is 0.143. The van der Waals surface area contributed by atoms with Crippen LogP contribution in [0.15, 0.2) is 92.0 Å². The van der Waals surface area contributed by atoms with Gasteiger partial charge >= 0.3 is 0 Å². The molecule has 0 radical (unpaired) electrons. The Bertz CT molecular complexity index is 1020. The Morgan fingerprint density at radius 3 is 2.30 bits per heavy atom. The van der Waals surface area contributed by atoms with Crippen LogP contribution in [0.1, 0.15) is 33.4 Å². The Morgan fingerprint density at radius 2 is 1.67 bits per heavy atom. The van der Waals surface area contributed by atoms with E-state index in [2.05, 4.69) is 56.6 Å². The third-order valence-corrected chi connectivity index (χ3v) is 4.67. The lowest BCUT2D eigenvalue weighted by Gasteiger charge is -2.12. The molecule has 0 atom stereocenters. The van der Waals surface area contributed by atoms with Gasteiger partial charge in [0, 0.05) is 17.8 Å². The summed E-state index contributed by atoms with van der Waals surface area (Å²) in [6, 6.07) is 21.5. The summed E-state index contributed by atoms with van der Waals surface area (Å²) >= 11 is 0. The van der Waals surface area contributed by atoms with E-state index in [1.165, 1.54) is 17.2 Å². The first-order valence-corrected chi connectivity index (χ1v) is 10.00. The summed E-state index contributed by atoms with van der Waals surface area (Å²) in [6.07, 6.45) is 5.67. The SMILES string of the molecule is C=C/C=C\c1cc(C(=C)NCc2cc(C)ccc2F)ccc1C.Cc1ccccc1. The van der Waals surface area contributed by atoms with Crippen LogP contribution < -0.4 is 5.32 Å². The Labute approximate surface area is 180 Å². The molecule has 3 aromatic rings. The number of aryl methyl sites for hydroxylation is 3. The minimum Gasteiger partial charge on any atom is -0.381 e. The van der Waals surface area contributed by atoms with Gasteiger partial charge in [0.25, 0.3) is 0 Å². The van der Waals surface area contributed by atoms with Gasteiger partial charge in [0.15, 0.2) is 0 Å². The first-order chi connectivity index (χ1) is 14.4. The average molecular weight is 400 g/mol. The van der Waals surface area contributed by atoms with Gasteiger partial charge in [-0.3, -0.25) is 0 Å². The van der Waals surface area contributed by atoms with E-state index in [1.807, 2.05) is 49.4 Å². The summed E-state index contributed by atoms with van der Waals surface area (Å²) in [7, 11) is 0. The fourth-order valence-electron chi connectivity index (χ4n) is 2.86. The van der Waals surface area contributed by atoms with Gasteiger partial charge in [-0.25, -0.2) is 4.39 Å². The zero-order chi connectivity index (χ0) is 21.9. The lowest BCUT2D eigenvalue weighted by molar-refractivity contribution is 0.604. The van der Waals surface area contributed by atoms with Crippen LogP contribution in [0.25, 0.3) is 11.8 Å². The Morgan fingerprint density at radius 1 is 0.933 bits per heavy atom. The molecule has 0 heterocycles. The Hall–Kier alpha value is -3.39. The molecule has 3 aromatic carbocycles. The van der Waals surface area contributed by atoms with E-state index in [9.17, 15) is 4.39 Å². The van der Waals surface area contributed by atoms with E-state index in [4.69, 9.17) is 0 Å². The van der Waals surface area contributed by atoms with Gasteiger partial charge in [0.05, 0.1) is 0 Å². The lowest BCUT2D eigenvalue weighted by Crippen LogP contribution is -2.12. The number of nitrogens with one attached hydrogen (secondary N) is 1. The third kappa shape index (κ3) is 7.21. The van der Waals surface area contributed by atoms with Crippen LogP contribution >= 0.6 is 0 Å². The van der Waals surface area contributed by atoms with Crippen LogP contribution in [-0.4, -0.2) is 0 Å². The molecule has 0 aliphatic heterocycles. The summed E-state index contributed by atoms with van der Waals surface area (Å²) in [4.78, 5) is 0. The molecule has 0 saturated heterocycles. The van der Waals surface area contributed by atoms with E-state index in [0.29, 0.717) is 12.1 Å². The van der Waals surface area contributed by atoms with Crippen molar-refractivity contribution in [3.63, 3.8) is 0 Å². The zero-order valence-corrected chi connectivity index (χ0v) is 18.1. The van der Waals surface area contributed by atoms with Crippen LogP contribution in [-0.2, 0) is 6.54 Å². The topological polar surface area (TPSA) is 12.0 Å². The molecule has 1 N–H and O–H groups in total. The van der Waals surface area contributed by atoms with Crippen molar-refractivity contribution in [1.82, 2.24) is 5.32 Å². The van der Waals surface area contributed by atoms with Crippen molar-refractivity contribution in [3.8, 4) is 0 Å². The van der Waals surface area contributed by atoms with Crippen LogP contribution in [0.3, 0.4) is 0 Å². The van der Waals surface area contributed by atoms with Crippen LogP contribution in [0, 0.1) is 26.6 Å². The van der Waals surface area contributed by atoms with E-state index in [0.717, 1.165) is 22.4 Å². The first-order valence-electron chi connectivity index (χ1n) is 10.00. The van der Waals surface area contributed by atoms with Crippen LogP contribution in [0.4, 0.5) is 4.39 Å². The zero-order valence-electron chi connectivity index (χ0n) is 18.1. The van der Waals surface area contributed by atoms with Crippen molar-refractivity contribution < 1.29 is 4.39 Å². The van der Waals surface area contributed by atoms with Crippen molar-refractivity contribution in [2.45, 2.75) is 27.3 Å². The highest BCUT2D eigenvalue weighted by molar-refractivity contribution is 5.67. The molecule has 0 aliphatic carbocycles. The Kier molecular flexibility index (Phi) is 8.83. The number of hydrogen-bond acceptors (Lipinski definition) is 1. The van der Waals surface area contributed by atoms with Crippen LogP contribution in [0.2, 0.25) is 0 Å². The molecular weight excluding hydrogens is 369 g/mol. The van der Waals surface area contributed by atoms with Gasteiger partial charge in [0.1, 0.15) is 5.82 Å². The minimum absolute atomic E-state index is 0.200. The molecule has 0 aliphatic rings. The summed E-state index contributed by atoms with van der Waals surface area (Å²) in [6.45, 7) is 14.3. The van der Waals surface area contributed by atoms with Gasteiger partial charge in [-0.1, -0.05) is 97.1 Å². The molecule has 0 bridgehead atoms. The molecule has 0 unspecified atom stereocenters. The normalized spacial score (nSPS) is 10.3. The third-order valence-electron chi connectivity index (χ3n) is 4.67. The van der Waals surface area contributed by atoms with Crippen molar-refractivity contribution >= 4 is 11.8 Å². The van der Waals surface area contributed by atoms with Gasteiger partial charge in [-0.15, -0.1) is 0 Å². The summed E-state index contributed by atoms with van der Waals surface area (Å²) < 4.78 is 13.8. The largest absolute Gasteiger partial charge is 0.381 e. The molecule has 3 rings (SSSR count). The van der Waals surface area contributed by atoms with Crippen molar-refractivity contribution in [2.75, 3.05) is 0 Å². The maximum absolute atomic E-state index is 13.8. The minimum atomic E-state index is -0.200. The summed E-state index contributed by atoms with van der Waals surface area (Å²) in [5.74, 6) is -0.200. The number of allylic oxidation sites excluding steroid dienone is 2. The average Bonchev–Trinajstić information content (AvgIpc) is 2.74. The van der Waals surface area contributed by atoms with Gasteiger partial charge < -0.3 is 5.32 Å². The van der Waals surface area contributed by atoms with Gasteiger partial charge in [0.2, 0.25) is 0 Å². The summed E-state index contributed by atoms with van der Waals surface area (Å²) in [5, 5.41) is 3.21. The highest BCUT2D eigenvalue weighted by atomic mass is 19.1. The molecule has 1 nitrogen and oxygen atoms in total. The second kappa shape index (κ2) is 11.6. The highest BCUT2D eigenvalue weighted by Crippen LogP contribution is 2.18. The number of rotatable bonds is 6. The van der Waals surface area contributed by atoms with Crippen LogP contribution in [0.5, 0.6) is 0 Å². The van der Waals surface area contributed by atoms with Crippen molar-refractivity contribution in [1.29, 1.82) is 0 Å². The number of halogens is 1. The quantitative estimate of drug-likeness (QED) is 0.426. The standard InChI is InChI=1S/C21H22FN.C7H8/c1-5-6-7-18-13-19(10-9-16(18)3)17(4)23-14-20-12-15(2)8-11-21(20)22;1-7-5-3-2-4-6-7/h5-13,23H,1,4,14H2,2-3H3;2-6H,1H3/b7-6-;. The fourth-order valence-corrected chi connectivity index (χ4v) is 2.86. The predicted octanol–water partition coefficient (Wildman–Crippen LogP) is 7.40. The predicted molar refractivity (Wildman–Crippen MR) is 129 cm³/mol. The van der Waals surface area contributed by atoms with Crippen molar-refractivity contribution in [2.24, 2.45) is 0 Å². The molecule has 2 heteroatoms. The van der Waals surface area contributed by atoms with E-state index >= 15 is 0 Å². The van der Waals surface area contributed by atoms with E-state index in [-0.39, 0.29) is 5.82 Å². The molecule has 0 amide bonds. The highest BCUT2D eigenvalue weighted by Gasteiger charge is 2.05. The molecule has 154 valence electrons. The molecule has 0 aromatic heterocycles. The van der Waals surface area contributed by atoms with Crippen molar-refractivity contribution in [3.05, 3.63) is 131 Å². The first kappa shape index (κ1) is 22.9. The summed E-state index contributed by atoms with van der Waals surface area (Å²) in [5.41, 5.74) is 7.08. The van der Waals surface area contributed by atoms with E-state index < -0.39 is 0 Å². The molecule has 30 heavy (non-hydrogen) atoms. The number of hydrogen-bond donors (Lipinski definition) is 1. The maximum atomic E-state index is 13.8. The monoisotopic (exact) mass is 399 g/mol. The smallest absolute Gasteiger partial charge is 0.128 e. The van der Waals surface area contributed by atoms with Gasteiger partial charge in [-0.2, -0.15) is 0 Å². The molecule has 0 fully saturated rings. The Balaban J connectivity index is 0.000000386. The lowest BCUT2D eigenvalue weighted by atomic mass is 10.0. The van der Waals surface area contributed by atoms with Gasteiger partial charge in [-0.05, 0) is 49.6 Å². The molecule has 0 saturated carbocycles. The molecular formula is C28H30FN. The second-order valence-electron chi connectivity index (χ2n) is 7.25. The maximum Gasteiger partial charge on any atom is 0.128 e.